The third-order valence-electron chi connectivity index (χ3n) is 3.51. The van der Waals surface area contributed by atoms with E-state index in [0.29, 0.717) is 12.0 Å². The average Bonchev–Trinajstić information content (AvgIpc) is 2.45. The van der Waals surface area contributed by atoms with E-state index in [0.717, 1.165) is 11.1 Å². The molecule has 0 radical (unpaired) electrons. The summed E-state index contributed by atoms with van der Waals surface area (Å²) in [4.78, 5) is 23.8. The summed E-state index contributed by atoms with van der Waals surface area (Å²) >= 11 is 0. The number of hydrogen-bond acceptors (Lipinski definition) is 3. The van der Waals surface area contributed by atoms with Gasteiger partial charge in [-0.15, -0.1) is 0 Å². The average molecular weight is 267 g/mol. The maximum Gasteiger partial charge on any atom is 0.258 e. The molecule has 0 bridgehead atoms. The molecule has 0 saturated heterocycles. The Balaban J connectivity index is 1.96. The molecule has 0 aromatic heterocycles. The lowest BCUT2D eigenvalue weighted by Crippen LogP contribution is -2.41. The zero-order chi connectivity index (χ0) is 14.1. The molecular weight excluding hydrogens is 254 g/mol. The van der Waals surface area contributed by atoms with Gasteiger partial charge in [-0.05, 0) is 35.7 Å². The molecule has 2 aromatic carbocycles. The first-order valence-corrected chi connectivity index (χ1v) is 6.37. The predicted octanol–water partition coefficient (Wildman–Crippen LogP) is 1.99. The fourth-order valence-electron chi connectivity index (χ4n) is 2.49. The van der Waals surface area contributed by atoms with Crippen molar-refractivity contribution in [1.29, 1.82) is 0 Å². The van der Waals surface area contributed by atoms with Gasteiger partial charge in [0.25, 0.3) is 5.91 Å². The Bertz CT molecular complexity index is 676. The van der Waals surface area contributed by atoms with Crippen molar-refractivity contribution in [2.75, 3.05) is 0 Å². The molecule has 1 aliphatic rings. The molecule has 1 heterocycles. The van der Waals surface area contributed by atoms with E-state index in [1.807, 2.05) is 12.1 Å². The highest BCUT2D eigenvalue weighted by molar-refractivity contribution is 6.11. The molecule has 4 nitrogen and oxygen atoms in total. The molecule has 0 saturated carbocycles. The molecule has 1 atom stereocenters. The van der Waals surface area contributed by atoms with Gasteiger partial charge < -0.3 is 5.11 Å². The van der Waals surface area contributed by atoms with Gasteiger partial charge in [-0.1, -0.05) is 30.3 Å². The van der Waals surface area contributed by atoms with E-state index in [1.165, 1.54) is 0 Å². The van der Waals surface area contributed by atoms with E-state index in [4.69, 9.17) is 0 Å². The quantitative estimate of drug-likeness (QED) is 0.818. The van der Waals surface area contributed by atoms with E-state index in [9.17, 15) is 14.7 Å². The molecule has 0 aliphatic carbocycles. The molecule has 100 valence electrons. The first-order chi connectivity index (χ1) is 9.65. The SMILES string of the molecule is O=C1NC(=O)C(Cc2ccc(O)cc2)c2ccccc21. The molecule has 2 amide bonds. The standard InChI is InChI=1S/C16H13NO3/c18-11-7-5-10(6-8-11)9-14-12-3-1-2-4-13(12)15(19)17-16(14)20/h1-8,14,18H,9H2,(H,17,19,20). The lowest BCUT2D eigenvalue weighted by Gasteiger charge is -2.24. The number of benzene rings is 2. The molecule has 3 rings (SSSR count). The van der Waals surface area contributed by atoms with Crippen LogP contribution in [0.25, 0.3) is 0 Å². The van der Waals surface area contributed by atoms with E-state index in [-0.39, 0.29) is 23.5 Å². The zero-order valence-corrected chi connectivity index (χ0v) is 10.7. The molecule has 1 aliphatic heterocycles. The Kier molecular flexibility index (Phi) is 2.99. The van der Waals surface area contributed by atoms with E-state index in [2.05, 4.69) is 5.32 Å². The highest BCUT2D eigenvalue weighted by Crippen LogP contribution is 2.28. The summed E-state index contributed by atoms with van der Waals surface area (Å²) in [5.41, 5.74) is 2.25. The predicted molar refractivity (Wildman–Crippen MR) is 73.5 cm³/mol. The van der Waals surface area contributed by atoms with Crippen molar-refractivity contribution in [2.24, 2.45) is 0 Å². The van der Waals surface area contributed by atoms with Gasteiger partial charge in [0, 0.05) is 5.56 Å². The number of aromatic hydroxyl groups is 1. The molecule has 1 unspecified atom stereocenters. The third-order valence-corrected chi connectivity index (χ3v) is 3.51. The minimum Gasteiger partial charge on any atom is -0.508 e. The van der Waals surface area contributed by atoms with Crippen LogP contribution in [0.3, 0.4) is 0 Å². The Morgan fingerprint density at radius 3 is 2.45 bits per heavy atom. The largest absolute Gasteiger partial charge is 0.508 e. The van der Waals surface area contributed by atoms with Crippen LogP contribution in [-0.2, 0) is 11.2 Å². The monoisotopic (exact) mass is 267 g/mol. The van der Waals surface area contributed by atoms with Crippen molar-refractivity contribution in [1.82, 2.24) is 5.32 Å². The van der Waals surface area contributed by atoms with E-state index in [1.54, 1.807) is 36.4 Å². The summed E-state index contributed by atoms with van der Waals surface area (Å²) < 4.78 is 0. The van der Waals surface area contributed by atoms with E-state index < -0.39 is 0 Å². The Morgan fingerprint density at radius 1 is 1.00 bits per heavy atom. The summed E-state index contributed by atoms with van der Waals surface area (Å²) in [5, 5.41) is 11.7. The summed E-state index contributed by atoms with van der Waals surface area (Å²) in [5.74, 6) is -0.805. The van der Waals surface area contributed by atoms with Gasteiger partial charge in [-0.25, -0.2) is 0 Å². The molecule has 2 aromatic rings. The molecule has 20 heavy (non-hydrogen) atoms. The van der Waals surface area contributed by atoms with Gasteiger partial charge in [0.15, 0.2) is 0 Å². The number of nitrogens with one attached hydrogen (secondary N) is 1. The number of carbonyl (C=O) groups is 2. The summed E-state index contributed by atoms with van der Waals surface area (Å²) in [7, 11) is 0. The van der Waals surface area contributed by atoms with Crippen molar-refractivity contribution < 1.29 is 14.7 Å². The highest BCUT2D eigenvalue weighted by Gasteiger charge is 2.31. The first kappa shape index (κ1) is 12.4. The van der Waals surface area contributed by atoms with Crippen molar-refractivity contribution in [3.8, 4) is 5.75 Å². The Hall–Kier alpha value is -2.62. The smallest absolute Gasteiger partial charge is 0.258 e. The van der Waals surface area contributed by atoms with Crippen LogP contribution in [0.5, 0.6) is 5.75 Å². The number of phenolic OH excluding ortho intramolecular Hbond substituents is 1. The first-order valence-electron chi connectivity index (χ1n) is 6.37. The van der Waals surface area contributed by atoms with Crippen LogP contribution >= 0.6 is 0 Å². The molecule has 0 spiro atoms. The lowest BCUT2D eigenvalue weighted by molar-refractivity contribution is -0.121. The number of rotatable bonds is 2. The zero-order valence-electron chi connectivity index (χ0n) is 10.7. The topological polar surface area (TPSA) is 66.4 Å². The molecule has 0 fully saturated rings. The van der Waals surface area contributed by atoms with Crippen LogP contribution < -0.4 is 5.32 Å². The molecule has 2 N–H and O–H groups in total. The number of carbonyl (C=O) groups excluding carboxylic acids is 2. The summed E-state index contributed by atoms with van der Waals surface area (Å²) in [6.45, 7) is 0. The van der Waals surface area contributed by atoms with Crippen molar-refractivity contribution in [3.05, 3.63) is 65.2 Å². The van der Waals surface area contributed by atoms with Gasteiger partial charge in [-0.3, -0.25) is 14.9 Å². The van der Waals surface area contributed by atoms with E-state index >= 15 is 0 Å². The Labute approximate surface area is 116 Å². The lowest BCUT2D eigenvalue weighted by atomic mass is 9.85. The van der Waals surface area contributed by atoms with Crippen LogP contribution in [0.1, 0.15) is 27.4 Å². The second kappa shape index (κ2) is 4.81. The second-order valence-corrected chi connectivity index (χ2v) is 4.83. The fourth-order valence-corrected chi connectivity index (χ4v) is 2.49. The Morgan fingerprint density at radius 2 is 1.70 bits per heavy atom. The van der Waals surface area contributed by atoms with Crippen LogP contribution in [0.4, 0.5) is 0 Å². The van der Waals surface area contributed by atoms with Gasteiger partial charge in [0.1, 0.15) is 5.75 Å². The summed E-state index contributed by atoms with van der Waals surface area (Å²) in [6, 6.07) is 13.9. The van der Waals surface area contributed by atoms with Crippen LogP contribution in [0.2, 0.25) is 0 Å². The number of phenols is 1. The number of fused-ring (bicyclic) bond motifs is 1. The van der Waals surface area contributed by atoms with Crippen molar-refractivity contribution >= 4 is 11.8 Å². The maximum absolute atomic E-state index is 12.1. The fraction of sp³-hybridized carbons (Fsp3) is 0.125. The van der Waals surface area contributed by atoms with Crippen LogP contribution in [-0.4, -0.2) is 16.9 Å². The van der Waals surface area contributed by atoms with Gasteiger partial charge >= 0.3 is 0 Å². The molecule has 4 heteroatoms. The summed E-state index contributed by atoms with van der Waals surface area (Å²) in [6.07, 6.45) is 0.496. The minimum atomic E-state index is -0.381. The number of imide groups is 1. The van der Waals surface area contributed by atoms with Gasteiger partial charge in [0.05, 0.1) is 5.92 Å². The third kappa shape index (κ3) is 2.16. The van der Waals surface area contributed by atoms with Gasteiger partial charge in [-0.2, -0.15) is 0 Å². The second-order valence-electron chi connectivity index (χ2n) is 4.83. The van der Waals surface area contributed by atoms with Gasteiger partial charge in [0.2, 0.25) is 5.91 Å². The van der Waals surface area contributed by atoms with Crippen molar-refractivity contribution in [2.45, 2.75) is 12.3 Å². The van der Waals surface area contributed by atoms with Crippen molar-refractivity contribution in [3.63, 3.8) is 0 Å². The highest BCUT2D eigenvalue weighted by atomic mass is 16.3. The van der Waals surface area contributed by atoms with Crippen LogP contribution in [0, 0.1) is 0 Å². The van der Waals surface area contributed by atoms with Crippen LogP contribution in [0.15, 0.2) is 48.5 Å². The minimum absolute atomic E-state index is 0.192. The number of hydrogen-bond donors (Lipinski definition) is 2. The maximum atomic E-state index is 12.1. The normalized spacial score (nSPS) is 17.5. The molecular formula is C16H13NO3. The number of amides is 2.